The molecular formula is C18H15N3O5. The van der Waals surface area contributed by atoms with Gasteiger partial charge < -0.3 is 14.8 Å². The largest absolute Gasteiger partial charge is 0.493 e. The Morgan fingerprint density at radius 3 is 2.58 bits per heavy atom. The minimum atomic E-state index is -0.696. The maximum atomic E-state index is 12.3. The normalized spacial score (nSPS) is 10.6. The maximum absolute atomic E-state index is 12.3. The molecule has 0 heterocycles. The summed E-state index contributed by atoms with van der Waals surface area (Å²) < 4.78 is 10.4. The average molecular weight is 353 g/mol. The van der Waals surface area contributed by atoms with Crippen LogP contribution in [0.25, 0.3) is 6.08 Å². The lowest BCUT2D eigenvalue weighted by molar-refractivity contribution is -0.384. The smallest absolute Gasteiger partial charge is 0.271 e. The maximum Gasteiger partial charge on any atom is 0.271 e. The number of methoxy groups -OCH3 is 2. The summed E-state index contributed by atoms with van der Waals surface area (Å²) in [6, 6.07) is 12.3. The van der Waals surface area contributed by atoms with E-state index < -0.39 is 10.8 Å². The number of carbonyl (C=O) groups is 1. The summed E-state index contributed by atoms with van der Waals surface area (Å²) in [6.45, 7) is 0. The van der Waals surface area contributed by atoms with E-state index in [2.05, 4.69) is 5.32 Å². The molecule has 0 aromatic heterocycles. The lowest BCUT2D eigenvalue weighted by Gasteiger charge is -2.10. The quantitative estimate of drug-likeness (QED) is 0.369. The number of nitro benzene ring substituents is 1. The molecule has 1 amide bonds. The molecule has 26 heavy (non-hydrogen) atoms. The number of hydrogen-bond acceptors (Lipinski definition) is 6. The molecule has 0 fully saturated rings. The van der Waals surface area contributed by atoms with Crippen molar-refractivity contribution in [2.45, 2.75) is 0 Å². The van der Waals surface area contributed by atoms with Crippen molar-refractivity contribution in [3.63, 3.8) is 0 Å². The van der Waals surface area contributed by atoms with Gasteiger partial charge in [-0.2, -0.15) is 5.26 Å². The number of non-ortho nitro benzene ring substituents is 1. The van der Waals surface area contributed by atoms with Crippen LogP contribution in [0.15, 0.2) is 48.0 Å². The molecule has 132 valence electrons. The fraction of sp³-hybridized carbons (Fsp3) is 0.111. The zero-order valence-electron chi connectivity index (χ0n) is 14.1. The number of anilines is 1. The van der Waals surface area contributed by atoms with E-state index >= 15 is 0 Å². The van der Waals surface area contributed by atoms with Crippen molar-refractivity contribution in [3.05, 3.63) is 63.7 Å². The van der Waals surface area contributed by atoms with Crippen molar-refractivity contribution in [1.82, 2.24) is 0 Å². The number of benzene rings is 2. The Morgan fingerprint density at radius 1 is 1.23 bits per heavy atom. The molecule has 8 nitrogen and oxygen atoms in total. The lowest BCUT2D eigenvalue weighted by Crippen LogP contribution is -2.13. The molecule has 0 unspecified atom stereocenters. The number of carbonyl (C=O) groups excluding carboxylic acids is 1. The first-order valence-electron chi connectivity index (χ1n) is 7.38. The Bertz CT molecular complexity index is 915. The van der Waals surface area contributed by atoms with E-state index in [0.29, 0.717) is 17.1 Å². The highest BCUT2D eigenvalue weighted by Gasteiger charge is 2.14. The summed E-state index contributed by atoms with van der Waals surface area (Å²) in [5.74, 6) is 0.140. The summed E-state index contributed by atoms with van der Waals surface area (Å²) in [6.07, 6.45) is 1.36. The number of hydrogen-bond donors (Lipinski definition) is 1. The molecule has 2 rings (SSSR count). The summed E-state index contributed by atoms with van der Waals surface area (Å²) in [4.78, 5) is 22.6. The minimum Gasteiger partial charge on any atom is -0.493 e. The Hall–Kier alpha value is -3.86. The number of para-hydroxylation sites is 1. The van der Waals surface area contributed by atoms with Crippen LogP contribution < -0.4 is 14.8 Å². The number of nitro groups is 1. The zero-order valence-corrected chi connectivity index (χ0v) is 14.1. The second-order valence-electron chi connectivity index (χ2n) is 5.01. The number of nitrogens with zero attached hydrogens (tertiary/aromatic N) is 2. The summed E-state index contributed by atoms with van der Waals surface area (Å²) in [5.41, 5.74) is 0.336. The van der Waals surface area contributed by atoms with Crippen molar-refractivity contribution in [3.8, 4) is 17.6 Å². The number of nitriles is 1. The predicted octanol–water partition coefficient (Wildman–Crippen LogP) is 3.16. The van der Waals surface area contributed by atoms with E-state index in [0.717, 1.165) is 0 Å². The van der Waals surface area contributed by atoms with Crippen LogP contribution in [0.5, 0.6) is 11.5 Å². The Kier molecular flexibility index (Phi) is 5.90. The molecule has 1 N–H and O–H groups in total. The zero-order chi connectivity index (χ0) is 19.1. The van der Waals surface area contributed by atoms with Gasteiger partial charge in [-0.3, -0.25) is 14.9 Å². The van der Waals surface area contributed by atoms with E-state index in [9.17, 15) is 20.2 Å². The first-order valence-corrected chi connectivity index (χ1v) is 7.38. The van der Waals surface area contributed by atoms with Gasteiger partial charge in [-0.25, -0.2) is 0 Å². The molecule has 0 aliphatic rings. The minimum absolute atomic E-state index is 0.167. The van der Waals surface area contributed by atoms with Crippen LogP contribution in [-0.2, 0) is 4.79 Å². The second-order valence-corrected chi connectivity index (χ2v) is 5.01. The summed E-state index contributed by atoms with van der Waals surface area (Å²) in [5, 5.41) is 22.6. The fourth-order valence-corrected chi connectivity index (χ4v) is 2.23. The number of nitrogens with one attached hydrogen (secondary N) is 1. The van der Waals surface area contributed by atoms with E-state index in [4.69, 9.17) is 9.47 Å². The average Bonchev–Trinajstić information content (AvgIpc) is 2.65. The molecule has 0 bridgehead atoms. The molecule has 0 aliphatic heterocycles. The van der Waals surface area contributed by atoms with Crippen molar-refractivity contribution < 1.29 is 19.2 Å². The van der Waals surface area contributed by atoms with Crippen LogP contribution in [0.2, 0.25) is 0 Å². The van der Waals surface area contributed by atoms with Gasteiger partial charge in [-0.05, 0) is 18.2 Å². The fourth-order valence-electron chi connectivity index (χ4n) is 2.23. The highest BCUT2D eigenvalue weighted by atomic mass is 16.6. The van der Waals surface area contributed by atoms with Crippen LogP contribution in [0.4, 0.5) is 11.4 Å². The summed E-state index contributed by atoms with van der Waals surface area (Å²) in [7, 11) is 2.93. The molecular weight excluding hydrogens is 338 g/mol. The van der Waals surface area contributed by atoms with Crippen LogP contribution in [0.3, 0.4) is 0 Å². The molecule has 2 aromatic rings. The van der Waals surface area contributed by atoms with Gasteiger partial charge in [0.1, 0.15) is 11.6 Å². The molecule has 0 saturated heterocycles. The van der Waals surface area contributed by atoms with E-state index in [1.165, 1.54) is 44.6 Å². The van der Waals surface area contributed by atoms with Gasteiger partial charge in [0.05, 0.1) is 19.1 Å². The standard InChI is InChI=1S/C18H15N3O5/c1-25-16-8-3-5-12(17(16)26-2)9-13(11-19)18(22)20-14-6-4-7-15(10-14)21(23)24/h3-10H,1-2H3,(H,20,22). The van der Waals surface area contributed by atoms with Crippen LogP contribution in [0, 0.1) is 21.4 Å². The van der Waals surface area contributed by atoms with Gasteiger partial charge in [0.2, 0.25) is 0 Å². The van der Waals surface area contributed by atoms with Gasteiger partial charge in [0.25, 0.3) is 11.6 Å². The van der Waals surface area contributed by atoms with Crippen molar-refractivity contribution >= 4 is 23.4 Å². The van der Waals surface area contributed by atoms with Crippen molar-refractivity contribution in [2.24, 2.45) is 0 Å². The molecule has 8 heteroatoms. The number of ether oxygens (including phenoxy) is 2. The van der Waals surface area contributed by atoms with Gasteiger partial charge >= 0.3 is 0 Å². The van der Waals surface area contributed by atoms with E-state index in [1.54, 1.807) is 18.2 Å². The van der Waals surface area contributed by atoms with Gasteiger partial charge in [0.15, 0.2) is 11.5 Å². The van der Waals surface area contributed by atoms with Crippen molar-refractivity contribution in [2.75, 3.05) is 19.5 Å². The van der Waals surface area contributed by atoms with Gasteiger partial charge in [-0.1, -0.05) is 18.2 Å². The number of amides is 1. The molecule has 0 atom stereocenters. The highest BCUT2D eigenvalue weighted by molar-refractivity contribution is 6.10. The first-order chi connectivity index (χ1) is 12.5. The Labute approximate surface area is 149 Å². The SMILES string of the molecule is COc1cccc(C=C(C#N)C(=O)Nc2cccc([N+](=O)[O-])c2)c1OC. The van der Waals surface area contributed by atoms with Gasteiger partial charge in [-0.15, -0.1) is 0 Å². The third-order valence-corrected chi connectivity index (χ3v) is 3.41. The molecule has 0 aliphatic carbocycles. The van der Waals surface area contributed by atoms with Crippen molar-refractivity contribution in [1.29, 1.82) is 5.26 Å². The van der Waals surface area contributed by atoms with Crippen LogP contribution in [0.1, 0.15) is 5.56 Å². The molecule has 0 spiro atoms. The third-order valence-electron chi connectivity index (χ3n) is 3.41. The second kappa shape index (κ2) is 8.30. The number of rotatable bonds is 6. The molecule has 0 radical (unpaired) electrons. The summed E-state index contributed by atoms with van der Waals surface area (Å²) >= 11 is 0. The van der Waals surface area contributed by atoms with Gasteiger partial charge in [0, 0.05) is 23.4 Å². The lowest BCUT2D eigenvalue weighted by atomic mass is 10.1. The molecule has 0 saturated carbocycles. The van der Waals surface area contributed by atoms with Crippen LogP contribution >= 0.6 is 0 Å². The third kappa shape index (κ3) is 4.15. The van der Waals surface area contributed by atoms with E-state index in [1.807, 2.05) is 6.07 Å². The Balaban J connectivity index is 2.33. The highest BCUT2D eigenvalue weighted by Crippen LogP contribution is 2.32. The first kappa shape index (κ1) is 18.5. The Morgan fingerprint density at radius 2 is 1.96 bits per heavy atom. The monoisotopic (exact) mass is 353 g/mol. The predicted molar refractivity (Wildman–Crippen MR) is 94.9 cm³/mol. The topological polar surface area (TPSA) is 114 Å². The van der Waals surface area contributed by atoms with Crippen LogP contribution in [-0.4, -0.2) is 25.1 Å². The van der Waals surface area contributed by atoms with E-state index in [-0.39, 0.29) is 16.9 Å². The molecule has 2 aromatic carbocycles.